The van der Waals surface area contributed by atoms with E-state index in [1.54, 1.807) is 12.4 Å². The summed E-state index contributed by atoms with van der Waals surface area (Å²) in [5, 5.41) is 46.2. The number of H-pyrrole nitrogens is 6. The van der Waals surface area contributed by atoms with Crippen molar-refractivity contribution in [3.05, 3.63) is 369 Å². The quantitative estimate of drug-likeness (QED) is 0.0902. The average Bonchev–Trinajstić information content (AvgIpc) is 1.70. The van der Waals surface area contributed by atoms with Crippen LogP contribution >= 0.6 is 31.9 Å². The number of Topliss-reactive ketones (excluding diaryl/α,β-unsaturated/α-hetero) is 6. The molecule has 8 aromatic heterocycles. The average molecular weight is 2070 g/mol. The van der Waals surface area contributed by atoms with Crippen molar-refractivity contribution in [2.75, 3.05) is 0 Å². The number of carbonyl (C=O) groups excluding carboxylic acids is 6. The molecule has 25 rings (SSSR count). The Bertz CT molecular complexity index is 6970. The molecule has 145 heavy (non-hydrogen) atoms. The molecule has 1 fully saturated rings. The van der Waals surface area contributed by atoms with Gasteiger partial charge in [-0.1, -0.05) is 257 Å². The second-order valence-electron chi connectivity index (χ2n) is 48.4. The van der Waals surface area contributed by atoms with E-state index in [1.165, 1.54) is 92.5 Å². The Balaban J connectivity index is 0.000000106. The SMILES string of the molecule is Cc1[nH]nc2c1C(C)(c1ccccc1)C1=C(C2)CC(C)(C)CC1=O.Cc1[nH]nc2c1C(C)(c1cccnc1)C1=C(C2)CC(C)(C)CC1=O.Cc1[nH]nc2c1C(C)(c1cccnc1)C1=C(C2)CC(C)(C)CC1=O.Cc1[nH]nc2c1C(c1ccccc1)C1=C(C2)CC2(CCCC2)CC1=O.Cc1[nH]nc2c1[C@@H](c1ccccc1Br)C1=C(C2)CC(C)(C)CC1=O.Cc1[nH]nc2c1[C@H](c1ccccc1Br)C1=C(C2)CC(C)(C)CC1=O. The summed E-state index contributed by atoms with van der Waals surface area (Å²) in [6.07, 6.45) is 26.9. The standard InChI is InChI=1S/C22H24N2O.C21H24N2O.2C20H21BrN2O.2C20H23N3O/c1-14-19-17(24-23-14)11-16-12-22(9-5-6-10-22)13-18(25)20(16)21(19)15-7-3-2-4-8-15;1-13-18-16(23-22-13)10-14-11-20(2,3)12-17(24)19(14)21(18,4)15-8-6-5-7-9-15;2*1-11-17-15(23-22-11)8-12-9-20(2,3)10-16(24)18(12)19(17)13-6-4-5-7-14(13)21;2*1-12-17-15(23-22-12)8-13-9-19(2,3)10-16(24)18(13)20(17,4)14-6-5-7-21-11-14/h2-4,7-8,21H,5-6,9-13H2,1H3,(H,23,24);5-9H,10-12H2,1-4H3,(H,22,23);2*4-7,19H,8-10H2,1-3H3,(H,22,23);2*5-7,11H,8-10H2,1-4H3,(H,22,23)/t;;2*19-;;/m..10../s1. The number of benzene rings is 4. The van der Waals surface area contributed by atoms with Gasteiger partial charge in [0.25, 0.3) is 0 Å². The van der Waals surface area contributed by atoms with Crippen LogP contribution in [-0.2, 0) is 83.5 Å². The molecule has 4 aromatic carbocycles. The molecule has 0 radical (unpaired) electrons. The molecule has 0 amide bonds. The topological polar surface area (TPSA) is 300 Å². The van der Waals surface area contributed by atoms with Crippen LogP contribution in [0.1, 0.15) is 346 Å². The van der Waals surface area contributed by atoms with Gasteiger partial charge in [0.1, 0.15) is 0 Å². The Hall–Kier alpha value is -12.1. The van der Waals surface area contributed by atoms with Gasteiger partial charge in [0.15, 0.2) is 34.7 Å². The van der Waals surface area contributed by atoms with Crippen LogP contribution < -0.4 is 0 Å². The lowest BCUT2D eigenvalue weighted by atomic mass is 9.58. The van der Waals surface area contributed by atoms with Crippen LogP contribution in [0.3, 0.4) is 0 Å². The van der Waals surface area contributed by atoms with Crippen molar-refractivity contribution < 1.29 is 28.8 Å². The van der Waals surface area contributed by atoms with Gasteiger partial charge in [-0.25, -0.2) is 0 Å². The van der Waals surface area contributed by atoms with Gasteiger partial charge >= 0.3 is 0 Å². The van der Waals surface area contributed by atoms with Crippen LogP contribution in [-0.4, -0.2) is 106 Å². The lowest BCUT2D eigenvalue weighted by Crippen LogP contribution is -2.41. The third kappa shape index (κ3) is 18.1. The molecule has 8 heterocycles. The molecule has 4 unspecified atom stereocenters. The number of pyridine rings is 2. The number of fused-ring (bicyclic) bond motifs is 6. The van der Waals surface area contributed by atoms with Crippen molar-refractivity contribution in [3.8, 4) is 0 Å². The molecule has 6 N–H and O–H groups in total. The molecule has 6 atom stereocenters. The van der Waals surface area contributed by atoms with Gasteiger partial charge in [0.05, 0.1) is 45.0 Å². The van der Waals surface area contributed by atoms with Crippen molar-refractivity contribution in [3.63, 3.8) is 0 Å². The van der Waals surface area contributed by atoms with Gasteiger partial charge in [0, 0.05) is 235 Å². The summed E-state index contributed by atoms with van der Waals surface area (Å²) in [5.74, 6) is 1.88. The number of halogens is 2. The van der Waals surface area contributed by atoms with E-state index in [0.717, 1.165) is 228 Å². The highest BCUT2D eigenvalue weighted by molar-refractivity contribution is 9.10. The maximum Gasteiger partial charge on any atom is 0.160 e. The van der Waals surface area contributed by atoms with Crippen molar-refractivity contribution >= 4 is 66.6 Å². The molecule has 22 heteroatoms. The van der Waals surface area contributed by atoms with Crippen molar-refractivity contribution in [2.45, 2.75) is 307 Å². The van der Waals surface area contributed by atoms with Gasteiger partial charge < -0.3 is 0 Å². The number of carbonyl (C=O) groups is 6. The molecule has 748 valence electrons. The first-order valence-corrected chi connectivity index (χ1v) is 53.7. The fraction of sp³-hybridized carbons (Fsp3) is 0.431. The minimum Gasteiger partial charge on any atom is -0.294 e. The molecule has 0 saturated heterocycles. The Morgan fingerprint density at radius 2 is 0.566 bits per heavy atom. The van der Waals surface area contributed by atoms with E-state index in [2.05, 4.69) is 306 Å². The van der Waals surface area contributed by atoms with Crippen molar-refractivity contribution in [2.24, 2.45) is 32.5 Å². The minimum absolute atomic E-state index is 0.0123. The van der Waals surface area contributed by atoms with E-state index >= 15 is 0 Å². The number of hydrogen-bond donors (Lipinski definition) is 6. The van der Waals surface area contributed by atoms with E-state index in [4.69, 9.17) is 0 Å². The first-order valence-electron chi connectivity index (χ1n) is 52.1. The van der Waals surface area contributed by atoms with E-state index in [-0.39, 0.29) is 61.8 Å². The zero-order valence-electron chi connectivity index (χ0n) is 87.6. The summed E-state index contributed by atoms with van der Waals surface area (Å²) < 4.78 is 2.10. The van der Waals surface area contributed by atoms with Gasteiger partial charge in [-0.05, 0) is 204 Å². The fourth-order valence-corrected chi connectivity index (χ4v) is 29.8. The molecular formula is C123H136Br2N14O6. The van der Waals surface area contributed by atoms with Crippen LogP contribution in [0.25, 0.3) is 0 Å². The molecule has 1 spiro atoms. The zero-order valence-corrected chi connectivity index (χ0v) is 90.8. The fourth-order valence-electron chi connectivity index (χ4n) is 28.7. The predicted molar refractivity (Wildman–Crippen MR) is 574 cm³/mol. The highest BCUT2D eigenvalue weighted by atomic mass is 79.9. The van der Waals surface area contributed by atoms with Crippen molar-refractivity contribution in [1.29, 1.82) is 0 Å². The molecule has 0 aliphatic heterocycles. The lowest BCUT2D eigenvalue weighted by Gasteiger charge is -2.43. The summed E-state index contributed by atoms with van der Waals surface area (Å²) in [6.45, 7) is 40.7. The van der Waals surface area contributed by atoms with Gasteiger partial charge in [-0.15, -0.1) is 0 Å². The highest BCUT2D eigenvalue weighted by Gasteiger charge is 2.55. The third-order valence-corrected chi connectivity index (χ3v) is 35.5. The molecular weight excluding hydrogens is 1930 g/mol. The van der Waals surface area contributed by atoms with E-state index in [1.807, 2.05) is 74.8 Å². The zero-order chi connectivity index (χ0) is 102. The first-order chi connectivity index (χ1) is 68.9. The van der Waals surface area contributed by atoms with Crippen molar-refractivity contribution in [1.82, 2.24) is 71.2 Å². The van der Waals surface area contributed by atoms with Gasteiger partial charge in [-0.3, -0.25) is 69.3 Å². The number of allylic oxidation sites excluding steroid dienone is 12. The van der Waals surface area contributed by atoms with Crippen LogP contribution in [0.4, 0.5) is 0 Å². The molecule has 1 saturated carbocycles. The normalized spacial score (nSPS) is 24.2. The second kappa shape index (κ2) is 37.7. The predicted octanol–water partition coefficient (Wildman–Crippen LogP) is 25.9. The Kier molecular flexibility index (Phi) is 26.0. The monoisotopic (exact) mass is 2060 g/mol. The number of aryl methyl sites for hydroxylation is 6. The van der Waals surface area contributed by atoms with Crippen LogP contribution in [0.15, 0.2) is 234 Å². The summed E-state index contributed by atoms with van der Waals surface area (Å²) in [5.41, 5.74) is 39.8. The second-order valence-corrected chi connectivity index (χ2v) is 50.1. The number of aromatic nitrogens is 14. The van der Waals surface area contributed by atoms with Gasteiger partial charge in [-0.2, -0.15) is 30.6 Å². The summed E-state index contributed by atoms with van der Waals surface area (Å²) in [6, 6.07) is 45.4. The summed E-state index contributed by atoms with van der Waals surface area (Å²) >= 11 is 7.38. The number of ketones is 6. The lowest BCUT2D eigenvalue weighted by molar-refractivity contribution is -0.119. The largest absolute Gasteiger partial charge is 0.294 e. The third-order valence-electron chi connectivity index (χ3n) is 34.1. The van der Waals surface area contributed by atoms with E-state index in [9.17, 15) is 28.8 Å². The number of aromatic amines is 6. The first kappa shape index (κ1) is 100. The summed E-state index contributed by atoms with van der Waals surface area (Å²) in [4.78, 5) is 87.6. The smallest absolute Gasteiger partial charge is 0.160 e. The number of nitrogens with one attached hydrogen (secondary N) is 6. The molecule has 0 bridgehead atoms. The Morgan fingerprint density at radius 1 is 0.283 bits per heavy atom. The Labute approximate surface area is 868 Å². The number of rotatable bonds is 6. The van der Waals surface area contributed by atoms with Crippen LogP contribution in [0.2, 0.25) is 0 Å². The van der Waals surface area contributed by atoms with E-state index in [0.29, 0.717) is 55.2 Å². The van der Waals surface area contributed by atoms with E-state index < -0.39 is 16.2 Å². The minimum atomic E-state index is -0.470. The molecule has 20 nitrogen and oxygen atoms in total. The maximum atomic E-state index is 13.3. The number of nitrogens with zero attached hydrogens (tertiary/aromatic N) is 8. The maximum absolute atomic E-state index is 13.3. The summed E-state index contributed by atoms with van der Waals surface area (Å²) in [7, 11) is 0. The Morgan fingerprint density at radius 3 is 0.924 bits per heavy atom. The van der Waals surface area contributed by atoms with Crippen LogP contribution in [0, 0.1) is 74.0 Å². The molecule has 12 aromatic rings. The molecule has 13 aliphatic carbocycles. The van der Waals surface area contributed by atoms with Crippen LogP contribution in [0.5, 0.6) is 0 Å². The highest BCUT2D eigenvalue weighted by Crippen LogP contribution is 2.61. The number of hydrogen-bond acceptors (Lipinski definition) is 14. The van der Waals surface area contributed by atoms with Gasteiger partial charge in [0.2, 0.25) is 0 Å². The molecule has 13 aliphatic rings.